The quantitative estimate of drug-likeness (QED) is 0.0268. The Balaban J connectivity index is 1.10. The summed E-state index contributed by atoms with van der Waals surface area (Å²) in [5.74, 6) is -1.76. The third-order valence-electron chi connectivity index (χ3n) is 10.5. The normalized spacial score (nSPS) is 11.2. The van der Waals surface area contributed by atoms with Gasteiger partial charge in [0.15, 0.2) is 0 Å². The Morgan fingerprint density at radius 3 is 1.00 bits per heavy atom. The van der Waals surface area contributed by atoms with E-state index in [9.17, 15) is 28.8 Å². The maximum atomic E-state index is 13.1. The third-order valence-corrected chi connectivity index (χ3v) is 10.5. The number of amides is 6. The van der Waals surface area contributed by atoms with Crippen LogP contribution in [0.1, 0.15) is 89.5 Å². The molecule has 4 aromatic carbocycles. The Labute approximate surface area is 382 Å². The van der Waals surface area contributed by atoms with E-state index in [1.165, 1.54) is 0 Å². The van der Waals surface area contributed by atoms with Crippen LogP contribution in [0.5, 0.6) is 0 Å². The fraction of sp³-hybridized carbons (Fsp3) is 0.400. The summed E-state index contributed by atoms with van der Waals surface area (Å²) in [7, 11) is 0. The number of anilines is 4. The van der Waals surface area contributed by atoms with Gasteiger partial charge < -0.3 is 36.1 Å². The van der Waals surface area contributed by atoms with Crippen molar-refractivity contribution in [2.24, 2.45) is 10.8 Å². The first-order valence-electron chi connectivity index (χ1n) is 22.2. The van der Waals surface area contributed by atoms with Crippen molar-refractivity contribution < 1.29 is 38.2 Å². The summed E-state index contributed by atoms with van der Waals surface area (Å²) in [6, 6.07) is 29.8. The van der Waals surface area contributed by atoms with Crippen molar-refractivity contribution >= 4 is 58.6 Å². The van der Waals surface area contributed by atoms with Gasteiger partial charge in [-0.05, 0) is 124 Å². The fourth-order valence-electron chi connectivity index (χ4n) is 6.10. The molecule has 4 rings (SSSR count). The van der Waals surface area contributed by atoms with Gasteiger partial charge in [0.25, 0.3) is 0 Å². The van der Waals surface area contributed by atoms with Crippen molar-refractivity contribution in [2.45, 2.75) is 80.1 Å². The van der Waals surface area contributed by atoms with Crippen LogP contribution in [0.4, 0.5) is 32.3 Å². The van der Waals surface area contributed by atoms with E-state index in [0.717, 1.165) is 47.9 Å². The Morgan fingerprint density at radius 1 is 0.415 bits per heavy atom. The molecule has 0 spiro atoms. The van der Waals surface area contributed by atoms with E-state index in [0.29, 0.717) is 61.9 Å². The summed E-state index contributed by atoms with van der Waals surface area (Å²) < 4.78 is 10.3. The molecule has 0 fully saturated rings. The first-order valence-corrected chi connectivity index (χ1v) is 22.2. The minimum absolute atomic E-state index is 0.256. The Bertz CT molecular complexity index is 2020. The standard InChI is InChI=1S/C50H65N7O8/c1-7-9-31-64-47(62)56-41-23-15-37(16-24-41)33-35-11-19-39(20-12-35)54-45(60)49(3,4)43(58)52-29-27-51-28-30-53-44(59)50(5,6)46(61)55-40-21-13-36(14-22-40)34-38-17-25-42(26-18-38)57-48(63)65-32-10-8-2/h11-26,51H,7-10,27-34H2,1-6H3,(H,52,58)(H,53,59)(H,54,60)(H,55,61)(H,56,62)(H,57,63). The first kappa shape index (κ1) is 50.9. The van der Waals surface area contributed by atoms with Gasteiger partial charge in [0.1, 0.15) is 10.8 Å². The molecule has 6 amide bonds. The molecule has 65 heavy (non-hydrogen) atoms. The molecule has 348 valence electrons. The summed E-state index contributed by atoms with van der Waals surface area (Å²) in [6.45, 7) is 12.4. The molecule has 0 aliphatic heterocycles. The number of ether oxygens (including phenoxy) is 2. The van der Waals surface area contributed by atoms with Crippen LogP contribution in [0, 0.1) is 10.8 Å². The van der Waals surface area contributed by atoms with Gasteiger partial charge in [-0.3, -0.25) is 29.8 Å². The number of carbonyl (C=O) groups is 6. The second kappa shape index (κ2) is 25.5. The topological polar surface area (TPSA) is 205 Å². The Hall–Kier alpha value is -6.74. The van der Waals surface area contributed by atoms with Crippen molar-refractivity contribution in [3.8, 4) is 0 Å². The number of hydrogen-bond acceptors (Lipinski definition) is 9. The highest BCUT2D eigenvalue weighted by Crippen LogP contribution is 2.23. The second-order valence-electron chi connectivity index (χ2n) is 16.8. The maximum Gasteiger partial charge on any atom is 0.411 e. The zero-order chi connectivity index (χ0) is 47.2. The van der Waals surface area contributed by atoms with Gasteiger partial charge in [0.05, 0.1) is 13.2 Å². The number of carbonyl (C=O) groups excluding carboxylic acids is 6. The minimum atomic E-state index is -1.35. The number of unbranched alkanes of at least 4 members (excludes halogenated alkanes) is 2. The highest BCUT2D eigenvalue weighted by molar-refractivity contribution is 6.10. The van der Waals surface area contributed by atoms with Crippen LogP contribution in [0.15, 0.2) is 97.1 Å². The molecule has 0 saturated carbocycles. The van der Waals surface area contributed by atoms with E-state index in [1.807, 2.05) is 86.6 Å². The van der Waals surface area contributed by atoms with E-state index >= 15 is 0 Å². The van der Waals surface area contributed by atoms with Gasteiger partial charge >= 0.3 is 12.2 Å². The maximum absolute atomic E-state index is 13.1. The Morgan fingerprint density at radius 2 is 0.708 bits per heavy atom. The lowest BCUT2D eigenvalue weighted by Gasteiger charge is -2.23. The van der Waals surface area contributed by atoms with Crippen LogP contribution in [-0.2, 0) is 41.5 Å². The van der Waals surface area contributed by atoms with E-state index < -0.39 is 46.6 Å². The molecule has 4 aromatic rings. The SMILES string of the molecule is CCCCOC(=O)Nc1ccc(Cc2ccc(NC(=O)C(C)(C)C(=O)NCCNCCNC(=O)C(C)(C)C(=O)Nc3ccc(Cc4ccc(NC(=O)OCCCC)cc4)cc3)cc2)cc1. The van der Waals surface area contributed by atoms with Crippen LogP contribution in [0.2, 0.25) is 0 Å². The molecule has 0 saturated heterocycles. The summed E-state index contributed by atoms with van der Waals surface area (Å²) >= 11 is 0. The number of nitrogens with one attached hydrogen (secondary N) is 7. The van der Waals surface area contributed by atoms with Crippen molar-refractivity contribution in [3.63, 3.8) is 0 Å². The molecule has 0 heterocycles. The largest absolute Gasteiger partial charge is 0.449 e. The van der Waals surface area contributed by atoms with E-state index in [-0.39, 0.29) is 13.1 Å². The zero-order valence-corrected chi connectivity index (χ0v) is 38.5. The molecule has 7 N–H and O–H groups in total. The fourth-order valence-corrected chi connectivity index (χ4v) is 6.10. The van der Waals surface area contributed by atoms with Crippen molar-refractivity contribution in [1.29, 1.82) is 0 Å². The van der Waals surface area contributed by atoms with Gasteiger partial charge in [-0.1, -0.05) is 75.2 Å². The lowest BCUT2D eigenvalue weighted by molar-refractivity contribution is -0.139. The third kappa shape index (κ3) is 17.1. The number of benzene rings is 4. The minimum Gasteiger partial charge on any atom is -0.449 e. The highest BCUT2D eigenvalue weighted by atomic mass is 16.6. The van der Waals surface area contributed by atoms with Crippen molar-refractivity contribution in [3.05, 3.63) is 119 Å². The molecule has 0 aliphatic rings. The average Bonchev–Trinajstić information content (AvgIpc) is 3.28. The van der Waals surface area contributed by atoms with E-state index in [4.69, 9.17) is 9.47 Å². The number of hydrogen-bond donors (Lipinski definition) is 7. The Kier molecular flexibility index (Phi) is 20.0. The lowest BCUT2D eigenvalue weighted by atomic mass is 9.91. The summed E-state index contributed by atoms with van der Waals surface area (Å²) in [6.07, 6.45) is 3.89. The molecular weight excluding hydrogens is 827 g/mol. The predicted molar refractivity (Wildman–Crippen MR) is 255 cm³/mol. The van der Waals surface area contributed by atoms with Crippen LogP contribution in [0.25, 0.3) is 0 Å². The highest BCUT2D eigenvalue weighted by Gasteiger charge is 2.37. The molecule has 0 aliphatic carbocycles. The predicted octanol–water partition coefficient (Wildman–Crippen LogP) is 8.02. The van der Waals surface area contributed by atoms with Gasteiger partial charge in [-0.15, -0.1) is 0 Å². The van der Waals surface area contributed by atoms with Crippen LogP contribution < -0.4 is 37.2 Å². The van der Waals surface area contributed by atoms with Crippen LogP contribution in [0.3, 0.4) is 0 Å². The van der Waals surface area contributed by atoms with Crippen molar-refractivity contribution in [1.82, 2.24) is 16.0 Å². The molecule has 15 heteroatoms. The first-order chi connectivity index (χ1) is 31.1. The van der Waals surface area contributed by atoms with Gasteiger partial charge in [0, 0.05) is 48.9 Å². The smallest absolute Gasteiger partial charge is 0.411 e. The lowest BCUT2D eigenvalue weighted by Crippen LogP contribution is -2.48. The molecule has 0 radical (unpaired) electrons. The summed E-state index contributed by atoms with van der Waals surface area (Å²) in [4.78, 5) is 76.0. The van der Waals surface area contributed by atoms with Gasteiger partial charge in [0.2, 0.25) is 23.6 Å². The second-order valence-corrected chi connectivity index (χ2v) is 16.8. The average molecular weight is 892 g/mol. The van der Waals surface area contributed by atoms with Crippen molar-refractivity contribution in [2.75, 3.05) is 60.7 Å². The summed E-state index contributed by atoms with van der Waals surface area (Å²) in [5.41, 5.74) is 3.86. The van der Waals surface area contributed by atoms with Crippen LogP contribution >= 0.6 is 0 Å². The van der Waals surface area contributed by atoms with E-state index in [1.54, 1.807) is 52.0 Å². The van der Waals surface area contributed by atoms with Gasteiger partial charge in [-0.25, -0.2) is 9.59 Å². The molecule has 0 atom stereocenters. The molecule has 0 aromatic heterocycles. The number of rotatable bonds is 24. The monoisotopic (exact) mass is 891 g/mol. The van der Waals surface area contributed by atoms with Gasteiger partial charge in [-0.2, -0.15) is 0 Å². The molecular formula is C50H65N7O8. The van der Waals surface area contributed by atoms with E-state index in [2.05, 4.69) is 37.2 Å². The summed E-state index contributed by atoms with van der Waals surface area (Å²) in [5, 5.41) is 19.8. The van der Waals surface area contributed by atoms with Crippen LogP contribution in [-0.4, -0.2) is 75.2 Å². The molecule has 15 nitrogen and oxygen atoms in total. The molecule has 0 bridgehead atoms. The zero-order valence-electron chi connectivity index (χ0n) is 38.5. The molecule has 0 unspecified atom stereocenters.